The zero-order valence-electron chi connectivity index (χ0n) is 12.0. The lowest BCUT2D eigenvalue weighted by atomic mass is 10.1. The predicted molar refractivity (Wildman–Crippen MR) is 82.0 cm³/mol. The van der Waals surface area contributed by atoms with Gasteiger partial charge in [-0.2, -0.15) is 4.73 Å². The van der Waals surface area contributed by atoms with Gasteiger partial charge in [0.2, 0.25) is 6.79 Å². The van der Waals surface area contributed by atoms with Gasteiger partial charge in [0.25, 0.3) is 0 Å². The summed E-state index contributed by atoms with van der Waals surface area (Å²) in [5, 5.41) is 1.81. The monoisotopic (exact) mass is 320 g/mol. The highest BCUT2D eigenvalue weighted by Gasteiger charge is 2.19. The van der Waals surface area contributed by atoms with Crippen molar-refractivity contribution >= 4 is 39.4 Å². The van der Waals surface area contributed by atoms with Gasteiger partial charge in [-0.05, 0) is 12.1 Å². The number of fused-ring (bicyclic) bond motifs is 3. The van der Waals surface area contributed by atoms with Crippen LogP contribution in [0.25, 0.3) is 21.8 Å². The maximum atomic E-state index is 11.7. The van der Waals surface area contributed by atoms with Crippen molar-refractivity contribution in [1.82, 2.24) is 9.71 Å². The number of carbonyl (C=O) groups excluding carboxylic acids is 1. The Labute approximate surface area is 131 Å². The molecule has 3 aromatic rings. The summed E-state index contributed by atoms with van der Waals surface area (Å²) in [6.07, 6.45) is 0. The molecule has 22 heavy (non-hydrogen) atoms. The van der Waals surface area contributed by atoms with Gasteiger partial charge in [0, 0.05) is 17.9 Å². The van der Waals surface area contributed by atoms with E-state index in [0.717, 1.165) is 16.3 Å². The molecule has 0 radical (unpaired) electrons. The van der Waals surface area contributed by atoms with Crippen LogP contribution in [-0.4, -0.2) is 36.7 Å². The van der Waals surface area contributed by atoms with E-state index in [1.165, 1.54) is 14.2 Å². The highest BCUT2D eigenvalue weighted by atomic mass is 35.5. The van der Waals surface area contributed by atoms with Crippen LogP contribution < -0.4 is 4.84 Å². The van der Waals surface area contributed by atoms with Crippen LogP contribution in [0.5, 0.6) is 0 Å². The third-order valence-electron chi connectivity index (χ3n) is 3.26. The summed E-state index contributed by atoms with van der Waals surface area (Å²) in [5.41, 5.74) is 1.53. The van der Waals surface area contributed by atoms with E-state index in [4.69, 9.17) is 25.9 Å². The lowest BCUT2D eigenvalue weighted by molar-refractivity contribution is -0.0289. The minimum absolute atomic E-state index is 0.0584. The third-order valence-corrected chi connectivity index (χ3v) is 3.52. The number of para-hydroxylation sites is 1. The molecule has 2 aromatic heterocycles. The smallest absolute Gasteiger partial charge is 0.356 e. The molecular weight excluding hydrogens is 308 g/mol. The number of pyridine rings is 1. The molecule has 0 fully saturated rings. The normalized spacial score (nSPS) is 11.0. The van der Waals surface area contributed by atoms with Crippen molar-refractivity contribution in [3.8, 4) is 0 Å². The maximum Gasteiger partial charge on any atom is 0.356 e. The second kappa shape index (κ2) is 5.82. The molecule has 0 aliphatic carbocycles. The van der Waals surface area contributed by atoms with Gasteiger partial charge in [-0.15, -0.1) is 0 Å². The van der Waals surface area contributed by atoms with Gasteiger partial charge in [0.1, 0.15) is 5.52 Å². The largest absolute Gasteiger partial charge is 0.464 e. The second-order valence-electron chi connectivity index (χ2n) is 4.53. The van der Waals surface area contributed by atoms with Crippen molar-refractivity contribution in [3.05, 3.63) is 41.2 Å². The topological polar surface area (TPSA) is 62.6 Å². The Morgan fingerprint density at radius 2 is 2.05 bits per heavy atom. The number of aromatic nitrogens is 2. The van der Waals surface area contributed by atoms with E-state index in [0.29, 0.717) is 5.52 Å². The number of rotatable bonds is 4. The molecule has 1 aromatic carbocycles. The Morgan fingerprint density at radius 1 is 1.27 bits per heavy atom. The zero-order chi connectivity index (χ0) is 15.7. The first-order chi connectivity index (χ1) is 10.7. The molecule has 0 aliphatic rings. The quantitative estimate of drug-likeness (QED) is 0.420. The predicted octanol–water partition coefficient (Wildman–Crippen LogP) is 2.66. The van der Waals surface area contributed by atoms with E-state index < -0.39 is 5.97 Å². The maximum absolute atomic E-state index is 11.7. The van der Waals surface area contributed by atoms with Gasteiger partial charge in [0.15, 0.2) is 10.8 Å². The molecular formula is C15H13ClN2O4. The highest BCUT2D eigenvalue weighted by molar-refractivity contribution is 6.35. The average molecular weight is 321 g/mol. The minimum atomic E-state index is -0.543. The van der Waals surface area contributed by atoms with Crippen LogP contribution in [0, 0.1) is 0 Å². The molecule has 0 saturated carbocycles. The zero-order valence-corrected chi connectivity index (χ0v) is 12.8. The summed E-state index contributed by atoms with van der Waals surface area (Å²) in [7, 11) is 2.83. The van der Waals surface area contributed by atoms with Crippen molar-refractivity contribution in [1.29, 1.82) is 0 Å². The average Bonchev–Trinajstić information content (AvgIpc) is 2.86. The van der Waals surface area contributed by atoms with Crippen molar-refractivity contribution in [2.75, 3.05) is 21.0 Å². The van der Waals surface area contributed by atoms with Crippen molar-refractivity contribution in [3.63, 3.8) is 0 Å². The summed E-state index contributed by atoms with van der Waals surface area (Å²) in [6, 6.07) is 9.23. The summed E-state index contributed by atoms with van der Waals surface area (Å²) >= 11 is 6.26. The fourth-order valence-corrected chi connectivity index (χ4v) is 2.62. The molecule has 0 aliphatic heterocycles. The molecule has 2 heterocycles. The highest BCUT2D eigenvalue weighted by Crippen LogP contribution is 2.32. The minimum Gasteiger partial charge on any atom is -0.464 e. The second-order valence-corrected chi connectivity index (χ2v) is 4.89. The van der Waals surface area contributed by atoms with Gasteiger partial charge in [-0.25, -0.2) is 9.78 Å². The van der Waals surface area contributed by atoms with Crippen molar-refractivity contribution < 1.29 is 19.1 Å². The third kappa shape index (κ3) is 2.26. The Balaban J connectivity index is 2.35. The summed E-state index contributed by atoms with van der Waals surface area (Å²) in [4.78, 5) is 21.4. The molecule has 3 rings (SSSR count). The Hall–Kier alpha value is -2.31. The number of carbonyl (C=O) groups is 1. The standard InChI is InChI=1S/C15H13ClN2O4/c1-20-8-22-18-12-6-4-3-5-9(12)10-7-11(15(19)21-2)17-14(16)13(10)18/h3-7H,8H2,1-2H3. The van der Waals surface area contributed by atoms with Gasteiger partial charge < -0.3 is 14.3 Å². The lowest BCUT2D eigenvalue weighted by Gasteiger charge is -2.09. The molecule has 0 bridgehead atoms. The van der Waals surface area contributed by atoms with Crippen LogP contribution in [0.1, 0.15) is 10.5 Å². The number of nitrogens with zero attached hydrogens (tertiary/aromatic N) is 2. The van der Waals surface area contributed by atoms with Crippen LogP contribution in [0.3, 0.4) is 0 Å². The molecule has 6 nitrogen and oxygen atoms in total. The van der Waals surface area contributed by atoms with Gasteiger partial charge in [-0.3, -0.25) is 0 Å². The molecule has 0 amide bonds. The Bertz CT molecular complexity index is 859. The van der Waals surface area contributed by atoms with Crippen LogP contribution in [0.2, 0.25) is 5.15 Å². The molecule has 0 unspecified atom stereocenters. The SMILES string of the molecule is COCOn1c2ccccc2c2cc(C(=O)OC)nc(Cl)c21. The van der Waals surface area contributed by atoms with Crippen molar-refractivity contribution in [2.24, 2.45) is 0 Å². The number of hydrogen-bond donors (Lipinski definition) is 0. The molecule has 0 N–H and O–H groups in total. The summed E-state index contributed by atoms with van der Waals surface area (Å²) in [6.45, 7) is 0.0584. The molecule has 0 spiro atoms. The fourth-order valence-electron chi connectivity index (χ4n) is 2.35. The summed E-state index contributed by atoms with van der Waals surface area (Å²) < 4.78 is 11.2. The van der Waals surface area contributed by atoms with Gasteiger partial charge >= 0.3 is 5.97 Å². The fraction of sp³-hybridized carbons (Fsp3) is 0.200. The Kier molecular flexibility index (Phi) is 3.87. The number of benzene rings is 1. The molecule has 7 heteroatoms. The van der Waals surface area contributed by atoms with E-state index in [1.54, 1.807) is 10.8 Å². The first-order valence-corrected chi connectivity index (χ1v) is 6.85. The van der Waals surface area contributed by atoms with Crippen LogP contribution in [0.15, 0.2) is 30.3 Å². The van der Waals surface area contributed by atoms with E-state index in [-0.39, 0.29) is 17.6 Å². The number of esters is 1. The van der Waals surface area contributed by atoms with E-state index in [1.807, 2.05) is 24.3 Å². The van der Waals surface area contributed by atoms with Crippen LogP contribution >= 0.6 is 11.6 Å². The van der Waals surface area contributed by atoms with Crippen LogP contribution in [-0.2, 0) is 9.47 Å². The molecule has 0 atom stereocenters. The molecule has 114 valence electrons. The van der Waals surface area contributed by atoms with Gasteiger partial charge in [-0.1, -0.05) is 29.8 Å². The number of hydrogen-bond acceptors (Lipinski definition) is 5. The summed E-state index contributed by atoms with van der Waals surface area (Å²) in [5.74, 6) is -0.543. The number of methoxy groups -OCH3 is 2. The molecule has 0 saturated heterocycles. The van der Waals surface area contributed by atoms with E-state index >= 15 is 0 Å². The van der Waals surface area contributed by atoms with Crippen molar-refractivity contribution in [2.45, 2.75) is 0 Å². The number of halogens is 1. The lowest BCUT2D eigenvalue weighted by Crippen LogP contribution is -2.14. The first-order valence-electron chi connectivity index (χ1n) is 6.47. The number of ether oxygens (including phenoxy) is 2. The Morgan fingerprint density at radius 3 is 2.77 bits per heavy atom. The van der Waals surface area contributed by atoms with Gasteiger partial charge in [0.05, 0.1) is 12.6 Å². The first kappa shape index (κ1) is 14.6. The van der Waals surface area contributed by atoms with Crippen LogP contribution in [0.4, 0.5) is 0 Å². The van der Waals surface area contributed by atoms with E-state index in [9.17, 15) is 4.79 Å². The van der Waals surface area contributed by atoms with E-state index in [2.05, 4.69) is 4.98 Å².